The Labute approximate surface area is 172 Å². The third kappa shape index (κ3) is 11.0. The van der Waals surface area contributed by atoms with Crippen LogP contribution in [0.1, 0.15) is 108 Å². The molecule has 0 unspecified atom stereocenters. The predicted molar refractivity (Wildman–Crippen MR) is 113 cm³/mol. The molecule has 0 aromatic heterocycles. The number of hydrogen-bond acceptors (Lipinski definition) is 2. The van der Waals surface area contributed by atoms with E-state index in [1.807, 2.05) is 26.0 Å². The van der Waals surface area contributed by atoms with Gasteiger partial charge in [-0.3, -0.25) is 0 Å². The Balaban J connectivity index is 1.96. The van der Waals surface area contributed by atoms with Crippen LogP contribution in [0.2, 0.25) is 5.36 Å². The van der Waals surface area contributed by atoms with E-state index >= 15 is 0 Å². The van der Waals surface area contributed by atoms with Gasteiger partial charge in [0, 0.05) is 0 Å². The van der Waals surface area contributed by atoms with Gasteiger partial charge in [0.05, 0.1) is 0 Å². The fourth-order valence-corrected chi connectivity index (χ4v) is 5.15. The van der Waals surface area contributed by atoms with Gasteiger partial charge in [-0.25, -0.2) is 0 Å². The SMILES string of the molecule is CCCCCCCCCCCCCCC[CH2][Co](=[O])[c]1cc(C)c(O)c(C)c1. The molecule has 0 amide bonds. The predicted octanol–water partition coefficient (Wildman–Crippen LogP) is 7.50. The van der Waals surface area contributed by atoms with Crippen LogP contribution in [0, 0.1) is 13.8 Å². The molecule has 0 bridgehead atoms. The number of aromatic hydroxyl groups is 1. The second kappa shape index (κ2) is 15.3. The van der Waals surface area contributed by atoms with Crippen molar-refractivity contribution in [1.29, 1.82) is 0 Å². The number of unbranched alkanes of at least 4 members (excludes halogenated alkanes) is 13. The summed E-state index contributed by atoms with van der Waals surface area (Å²) < 4.78 is 13.3. The summed E-state index contributed by atoms with van der Waals surface area (Å²) in [5.41, 5.74) is 1.65. The Kier molecular flexibility index (Phi) is 13.8. The summed E-state index contributed by atoms with van der Waals surface area (Å²) in [6, 6.07) is 3.76. The Morgan fingerprint density at radius 2 is 1.07 bits per heavy atom. The van der Waals surface area contributed by atoms with Gasteiger partial charge in [-0.15, -0.1) is 0 Å². The third-order valence-electron chi connectivity index (χ3n) is 5.28. The van der Waals surface area contributed by atoms with E-state index in [4.69, 9.17) is 0 Å². The molecular weight excluding hydrogens is 379 g/mol. The molecule has 159 valence electrons. The summed E-state index contributed by atoms with van der Waals surface area (Å²) in [6.45, 7) is 6.03. The molecule has 0 radical (unpaired) electrons. The fourth-order valence-electron chi connectivity index (χ4n) is 3.47. The number of phenolic OH excluding ortho intramolecular Hbond substituents is 1. The average molecular weight is 422 g/mol. The van der Waals surface area contributed by atoms with E-state index in [9.17, 15) is 8.97 Å². The number of benzene rings is 1. The third-order valence-corrected chi connectivity index (χ3v) is 7.09. The Hall–Kier alpha value is -0.674. The van der Waals surface area contributed by atoms with Crippen molar-refractivity contribution in [2.45, 2.75) is 116 Å². The van der Waals surface area contributed by atoms with Crippen LogP contribution in [-0.2, 0) is 17.5 Å². The van der Waals surface area contributed by atoms with Crippen molar-refractivity contribution < 1.29 is 22.6 Å². The second-order valence-corrected chi connectivity index (χ2v) is 9.91. The molecule has 0 saturated carbocycles. The van der Waals surface area contributed by atoms with Crippen LogP contribution >= 0.6 is 0 Å². The number of aryl methyl sites for hydroxylation is 2. The van der Waals surface area contributed by atoms with Gasteiger partial charge >= 0.3 is 146 Å². The van der Waals surface area contributed by atoms with E-state index in [-0.39, 0.29) is 0 Å². The molecule has 0 spiro atoms. The van der Waals surface area contributed by atoms with Crippen molar-refractivity contribution in [3.63, 3.8) is 0 Å². The van der Waals surface area contributed by atoms with Crippen LogP contribution in [0.4, 0.5) is 0 Å². The Morgan fingerprint density at radius 3 is 1.48 bits per heavy atom. The zero-order chi connectivity index (χ0) is 19.9. The van der Waals surface area contributed by atoms with Gasteiger partial charge in [-0.1, -0.05) is 26.2 Å². The molecule has 0 heterocycles. The Bertz CT molecular complexity index is 516. The van der Waals surface area contributed by atoms with Gasteiger partial charge in [-0.2, -0.15) is 0 Å². The molecule has 1 N–H and O–H groups in total. The van der Waals surface area contributed by atoms with Crippen molar-refractivity contribution in [3.8, 4) is 5.75 Å². The standard InChI is InChI=1S/C16H33.C8H9O.Co.O/c1-3-5-7-9-11-13-15-16-14-12-10-8-6-4-2;1-6-4-3-5-7(2)8(6)9;;/h1,3-16H2,2H3;4-5,9H,1-2H3;;. The first kappa shape index (κ1) is 24.4. The maximum atomic E-state index is 12.4. The van der Waals surface area contributed by atoms with Gasteiger partial charge in [-0.05, 0) is 0 Å². The quantitative estimate of drug-likeness (QED) is 0.281. The molecule has 0 aliphatic rings. The van der Waals surface area contributed by atoms with Gasteiger partial charge in [0.25, 0.3) is 0 Å². The van der Waals surface area contributed by atoms with E-state index < -0.39 is 13.6 Å². The van der Waals surface area contributed by atoms with E-state index in [0.717, 1.165) is 27.4 Å². The first-order chi connectivity index (χ1) is 13.1. The zero-order valence-electron chi connectivity index (χ0n) is 18.0. The monoisotopic (exact) mass is 421 g/mol. The van der Waals surface area contributed by atoms with Crippen LogP contribution < -0.4 is 4.50 Å². The van der Waals surface area contributed by atoms with Crippen LogP contribution in [-0.4, -0.2) is 5.11 Å². The van der Waals surface area contributed by atoms with Gasteiger partial charge in [0.2, 0.25) is 0 Å². The molecule has 0 saturated heterocycles. The number of rotatable bonds is 16. The molecule has 2 nitrogen and oxygen atoms in total. The molecular formula is C24H42CoO2. The first-order valence-corrected chi connectivity index (χ1v) is 12.8. The van der Waals surface area contributed by atoms with E-state index in [1.54, 1.807) is 0 Å². The minimum atomic E-state index is -1.30. The maximum absolute atomic E-state index is 12.4. The molecule has 27 heavy (non-hydrogen) atoms. The summed E-state index contributed by atoms with van der Waals surface area (Å²) in [5, 5.41) is 10.6. The second-order valence-electron chi connectivity index (χ2n) is 7.91. The van der Waals surface area contributed by atoms with Crippen molar-refractivity contribution in [2.24, 2.45) is 0 Å². The van der Waals surface area contributed by atoms with Crippen LogP contribution in [0.5, 0.6) is 5.75 Å². The van der Waals surface area contributed by atoms with Crippen molar-refractivity contribution in [2.75, 3.05) is 0 Å². The summed E-state index contributed by atoms with van der Waals surface area (Å²) in [6.07, 6.45) is 18.8. The zero-order valence-corrected chi connectivity index (χ0v) is 19.0. The molecule has 0 aliphatic carbocycles. The van der Waals surface area contributed by atoms with Crippen LogP contribution in [0.15, 0.2) is 12.1 Å². The van der Waals surface area contributed by atoms with Crippen molar-refractivity contribution in [1.82, 2.24) is 0 Å². The van der Waals surface area contributed by atoms with Gasteiger partial charge in [0.15, 0.2) is 0 Å². The minimum absolute atomic E-state index is 0.332. The first-order valence-electron chi connectivity index (χ1n) is 11.1. The summed E-state index contributed by atoms with van der Waals surface area (Å²) in [5.74, 6) is 0.332. The molecule has 1 rings (SSSR count). The van der Waals surface area contributed by atoms with Crippen LogP contribution in [0.3, 0.4) is 0 Å². The summed E-state index contributed by atoms with van der Waals surface area (Å²) >= 11 is -1.30. The van der Waals surface area contributed by atoms with Crippen LogP contribution in [0.25, 0.3) is 0 Å². The Morgan fingerprint density at radius 1 is 0.704 bits per heavy atom. The summed E-state index contributed by atoms with van der Waals surface area (Å²) in [4.78, 5) is 0. The molecule has 0 fully saturated rings. The van der Waals surface area contributed by atoms with E-state index in [0.29, 0.717) is 5.75 Å². The number of phenols is 1. The average Bonchev–Trinajstić information content (AvgIpc) is 2.65. The van der Waals surface area contributed by atoms with Crippen molar-refractivity contribution in [3.05, 3.63) is 23.3 Å². The topological polar surface area (TPSA) is 37.3 Å². The normalized spacial score (nSPS) is 11.7. The van der Waals surface area contributed by atoms with Gasteiger partial charge < -0.3 is 0 Å². The molecule has 1 aromatic rings. The molecule has 0 atom stereocenters. The van der Waals surface area contributed by atoms with E-state index in [1.165, 1.54) is 83.5 Å². The van der Waals surface area contributed by atoms with Crippen molar-refractivity contribution >= 4 is 4.50 Å². The summed E-state index contributed by atoms with van der Waals surface area (Å²) in [7, 11) is 0. The molecule has 1 aromatic carbocycles. The molecule has 0 aliphatic heterocycles. The fraction of sp³-hybridized carbons (Fsp3) is 0.750. The van der Waals surface area contributed by atoms with E-state index in [2.05, 4.69) is 6.92 Å². The number of hydrogen-bond donors (Lipinski definition) is 1. The molecule has 3 heteroatoms. The van der Waals surface area contributed by atoms with Gasteiger partial charge in [0.1, 0.15) is 0 Å².